The first kappa shape index (κ1) is 16.9. The molecule has 1 aromatic carbocycles. The lowest BCUT2D eigenvalue weighted by Gasteiger charge is -2.32. The number of likely N-dealkylation sites (tertiary alicyclic amines) is 1. The second-order valence-electron chi connectivity index (χ2n) is 5.76. The zero-order valence-corrected chi connectivity index (χ0v) is 13.7. The maximum Gasteiger partial charge on any atom is 0.253 e. The highest BCUT2D eigenvalue weighted by molar-refractivity contribution is 7.89. The molecule has 0 aliphatic carbocycles. The van der Waals surface area contributed by atoms with Crippen LogP contribution < -0.4 is 0 Å². The maximum absolute atomic E-state index is 12.5. The van der Waals surface area contributed by atoms with E-state index in [1.54, 1.807) is 17.0 Å². The third-order valence-corrected chi connectivity index (χ3v) is 5.74. The summed E-state index contributed by atoms with van der Waals surface area (Å²) >= 11 is 0. The number of hydrogen-bond acceptors (Lipinski definition) is 4. The minimum atomic E-state index is -3.56. The summed E-state index contributed by atoms with van der Waals surface area (Å²) in [5, 5.41) is 9.25. The smallest absolute Gasteiger partial charge is 0.253 e. The molecule has 0 radical (unpaired) electrons. The van der Waals surface area contributed by atoms with E-state index in [9.17, 15) is 18.3 Å². The number of piperidine rings is 1. The molecule has 22 heavy (non-hydrogen) atoms. The van der Waals surface area contributed by atoms with Crippen LogP contribution in [0.1, 0.15) is 23.2 Å². The van der Waals surface area contributed by atoms with E-state index in [0.29, 0.717) is 18.7 Å². The minimum absolute atomic E-state index is 0.0683. The van der Waals surface area contributed by atoms with Gasteiger partial charge in [-0.1, -0.05) is 6.07 Å². The highest BCUT2D eigenvalue weighted by atomic mass is 32.2. The summed E-state index contributed by atoms with van der Waals surface area (Å²) in [5.41, 5.74) is 0.363. The summed E-state index contributed by atoms with van der Waals surface area (Å²) in [4.78, 5) is 14.3. The lowest BCUT2D eigenvalue weighted by molar-refractivity contribution is 0.0620. The average molecular weight is 326 g/mol. The number of hydrogen-bond donors (Lipinski definition) is 1. The van der Waals surface area contributed by atoms with Crippen molar-refractivity contribution in [3.63, 3.8) is 0 Å². The number of nitrogens with zero attached hydrogens (tertiary/aromatic N) is 2. The van der Waals surface area contributed by atoms with Crippen molar-refractivity contribution in [3.05, 3.63) is 29.8 Å². The van der Waals surface area contributed by atoms with E-state index >= 15 is 0 Å². The van der Waals surface area contributed by atoms with Crippen molar-refractivity contribution >= 4 is 15.9 Å². The van der Waals surface area contributed by atoms with Gasteiger partial charge in [0, 0.05) is 39.4 Å². The van der Waals surface area contributed by atoms with Crippen LogP contribution in [-0.4, -0.2) is 62.4 Å². The summed E-state index contributed by atoms with van der Waals surface area (Å²) < 4.78 is 25.4. The zero-order chi connectivity index (χ0) is 16.3. The largest absolute Gasteiger partial charge is 0.396 e. The van der Waals surface area contributed by atoms with E-state index in [1.807, 2.05) is 0 Å². The molecule has 6 nitrogen and oxygen atoms in total. The number of benzene rings is 1. The molecule has 1 unspecified atom stereocenters. The van der Waals surface area contributed by atoms with Gasteiger partial charge in [-0.15, -0.1) is 0 Å². The molecule has 1 aromatic rings. The quantitative estimate of drug-likeness (QED) is 0.887. The highest BCUT2D eigenvalue weighted by Gasteiger charge is 2.25. The molecule has 0 spiro atoms. The molecule has 1 amide bonds. The molecule has 1 aliphatic rings. The summed E-state index contributed by atoms with van der Waals surface area (Å²) in [6, 6.07) is 6.11. The van der Waals surface area contributed by atoms with Gasteiger partial charge in [0.2, 0.25) is 10.0 Å². The fraction of sp³-hybridized carbons (Fsp3) is 0.533. The second-order valence-corrected chi connectivity index (χ2v) is 7.91. The Kier molecular flexibility index (Phi) is 5.20. The van der Waals surface area contributed by atoms with E-state index in [-0.39, 0.29) is 23.3 Å². The molecule has 0 bridgehead atoms. The van der Waals surface area contributed by atoms with Gasteiger partial charge in [-0.25, -0.2) is 12.7 Å². The molecule has 1 saturated heterocycles. The summed E-state index contributed by atoms with van der Waals surface area (Å²) in [6.45, 7) is 1.22. The Bertz CT molecular complexity index is 643. The lowest BCUT2D eigenvalue weighted by atomic mass is 9.98. The van der Waals surface area contributed by atoms with E-state index < -0.39 is 10.0 Å². The van der Waals surface area contributed by atoms with Crippen molar-refractivity contribution in [2.24, 2.45) is 5.92 Å². The predicted octanol–water partition coefficient (Wildman–Crippen LogP) is 0.781. The molecule has 1 heterocycles. The Morgan fingerprint density at radius 1 is 1.41 bits per heavy atom. The van der Waals surface area contributed by atoms with Gasteiger partial charge in [0.25, 0.3) is 5.91 Å². The van der Waals surface area contributed by atoms with E-state index in [1.165, 1.54) is 26.2 Å². The van der Waals surface area contributed by atoms with Crippen molar-refractivity contribution < 1.29 is 18.3 Å². The third kappa shape index (κ3) is 3.48. The van der Waals surface area contributed by atoms with Crippen LogP contribution >= 0.6 is 0 Å². The van der Waals surface area contributed by atoms with Crippen LogP contribution in [0.25, 0.3) is 0 Å². The Hall–Kier alpha value is -1.44. The van der Waals surface area contributed by atoms with Gasteiger partial charge in [-0.3, -0.25) is 4.79 Å². The van der Waals surface area contributed by atoms with Crippen molar-refractivity contribution in [1.29, 1.82) is 0 Å². The Morgan fingerprint density at radius 3 is 2.77 bits per heavy atom. The van der Waals surface area contributed by atoms with Crippen LogP contribution in [0.5, 0.6) is 0 Å². The normalized spacial score (nSPS) is 19.5. The molecule has 1 atom stereocenters. The van der Waals surface area contributed by atoms with Crippen molar-refractivity contribution in [2.45, 2.75) is 17.7 Å². The Labute approximate surface area is 131 Å². The minimum Gasteiger partial charge on any atom is -0.396 e. The molecule has 2 rings (SSSR count). The fourth-order valence-electron chi connectivity index (χ4n) is 2.58. The molecular weight excluding hydrogens is 304 g/mol. The van der Waals surface area contributed by atoms with Crippen molar-refractivity contribution in [3.8, 4) is 0 Å². The van der Waals surface area contributed by atoms with Gasteiger partial charge >= 0.3 is 0 Å². The topological polar surface area (TPSA) is 77.9 Å². The Morgan fingerprint density at radius 2 is 2.14 bits per heavy atom. The average Bonchev–Trinajstić information content (AvgIpc) is 2.54. The van der Waals surface area contributed by atoms with Gasteiger partial charge < -0.3 is 10.0 Å². The van der Waals surface area contributed by atoms with Crippen LogP contribution in [0.3, 0.4) is 0 Å². The number of aliphatic hydroxyl groups excluding tert-OH is 1. The van der Waals surface area contributed by atoms with Crippen LogP contribution in [0.15, 0.2) is 29.2 Å². The maximum atomic E-state index is 12.5. The standard InChI is InChI=1S/C15H22N2O4S/c1-16(2)22(20,21)14-7-3-6-13(9-14)15(19)17-8-4-5-12(10-17)11-18/h3,6-7,9,12,18H,4-5,8,10-11H2,1-2H3. The van der Waals surface area contributed by atoms with E-state index in [0.717, 1.165) is 17.1 Å². The van der Waals surface area contributed by atoms with Gasteiger partial charge in [-0.05, 0) is 37.0 Å². The second kappa shape index (κ2) is 6.76. The van der Waals surface area contributed by atoms with Gasteiger partial charge in [0.05, 0.1) is 4.90 Å². The summed E-state index contributed by atoms with van der Waals surface area (Å²) in [6.07, 6.45) is 1.77. The van der Waals surface area contributed by atoms with Gasteiger partial charge in [0.15, 0.2) is 0 Å². The van der Waals surface area contributed by atoms with Crippen LogP contribution in [0.2, 0.25) is 0 Å². The van der Waals surface area contributed by atoms with Crippen LogP contribution in [-0.2, 0) is 10.0 Å². The molecular formula is C15H22N2O4S. The molecule has 7 heteroatoms. The van der Waals surface area contributed by atoms with Crippen LogP contribution in [0.4, 0.5) is 0 Å². The Balaban J connectivity index is 2.24. The number of carbonyl (C=O) groups is 1. The van der Waals surface area contributed by atoms with Crippen molar-refractivity contribution in [1.82, 2.24) is 9.21 Å². The number of aliphatic hydroxyl groups is 1. The van der Waals surface area contributed by atoms with Gasteiger partial charge in [0.1, 0.15) is 0 Å². The fourth-order valence-corrected chi connectivity index (χ4v) is 3.53. The first-order valence-corrected chi connectivity index (χ1v) is 8.73. The highest BCUT2D eigenvalue weighted by Crippen LogP contribution is 2.20. The summed E-state index contributed by atoms with van der Waals surface area (Å²) in [5.74, 6) is -0.0830. The SMILES string of the molecule is CN(C)S(=O)(=O)c1cccc(C(=O)N2CCCC(CO)C2)c1. The third-order valence-electron chi connectivity index (χ3n) is 3.92. The number of carbonyl (C=O) groups excluding carboxylic acids is 1. The number of amides is 1. The zero-order valence-electron chi connectivity index (χ0n) is 12.9. The lowest BCUT2D eigenvalue weighted by Crippen LogP contribution is -2.41. The van der Waals surface area contributed by atoms with Crippen molar-refractivity contribution in [2.75, 3.05) is 33.8 Å². The van der Waals surface area contributed by atoms with E-state index in [2.05, 4.69) is 0 Å². The summed E-state index contributed by atoms with van der Waals surface area (Å²) in [7, 11) is -0.639. The first-order chi connectivity index (χ1) is 10.4. The first-order valence-electron chi connectivity index (χ1n) is 7.29. The molecule has 122 valence electrons. The predicted molar refractivity (Wildman–Crippen MR) is 83.0 cm³/mol. The molecule has 1 fully saturated rings. The van der Waals surface area contributed by atoms with Crippen LogP contribution in [0, 0.1) is 5.92 Å². The monoisotopic (exact) mass is 326 g/mol. The molecule has 0 saturated carbocycles. The number of rotatable bonds is 4. The number of sulfonamides is 1. The molecule has 0 aromatic heterocycles. The molecule has 1 aliphatic heterocycles. The van der Waals surface area contributed by atoms with Gasteiger partial charge in [-0.2, -0.15) is 0 Å². The molecule has 1 N–H and O–H groups in total. The van der Waals surface area contributed by atoms with E-state index in [4.69, 9.17) is 0 Å².